The van der Waals surface area contributed by atoms with Crippen molar-refractivity contribution < 1.29 is 13.9 Å². The second kappa shape index (κ2) is 5.66. The van der Waals surface area contributed by atoms with Gasteiger partial charge in [0.05, 0.1) is 24.8 Å². The molecule has 1 N–H and O–H groups in total. The second-order valence-corrected chi connectivity index (χ2v) is 6.95. The van der Waals surface area contributed by atoms with Gasteiger partial charge in [0.15, 0.2) is 0 Å². The fraction of sp³-hybridized carbons (Fsp3) is 0.286. The summed E-state index contributed by atoms with van der Waals surface area (Å²) in [4.78, 5) is 12.0. The van der Waals surface area contributed by atoms with E-state index in [1.807, 2.05) is 6.07 Å². The van der Waals surface area contributed by atoms with Gasteiger partial charge in [0.1, 0.15) is 5.76 Å². The van der Waals surface area contributed by atoms with E-state index in [1.54, 1.807) is 6.26 Å². The Bertz CT molecular complexity index is 867. The molecule has 126 valence electrons. The highest BCUT2D eigenvalue weighted by atomic mass is 16.5. The van der Waals surface area contributed by atoms with Gasteiger partial charge in [-0.15, -0.1) is 0 Å². The normalized spacial score (nSPS) is 32.4. The van der Waals surface area contributed by atoms with E-state index in [-0.39, 0.29) is 29.8 Å². The SMILES string of the molecule is O=C1OC[C@@H]2C(/C=C/C3=CC=C4C=CC=CC4N3)c3occc3C[C@H]12. The van der Waals surface area contributed by atoms with Gasteiger partial charge in [0, 0.05) is 17.5 Å². The van der Waals surface area contributed by atoms with E-state index in [4.69, 9.17) is 9.15 Å². The van der Waals surface area contributed by atoms with Crippen LogP contribution in [0.1, 0.15) is 17.2 Å². The summed E-state index contributed by atoms with van der Waals surface area (Å²) in [5.74, 6) is 1.09. The number of hydrogen-bond acceptors (Lipinski definition) is 4. The molecular formula is C21H19NO3. The van der Waals surface area contributed by atoms with E-state index < -0.39 is 0 Å². The van der Waals surface area contributed by atoms with Gasteiger partial charge in [-0.2, -0.15) is 0 Å². The molecular weight excluding hydrogens is 314 g/mol. The maximum absolute atomic E-state index is 12.0. The van der Waals surface area contributed by atoms with Crippen molar-refractivity contribution >= 4 is 5.97 Å². The topological polar surface area (TPSA) is 51.5 Å². The van der Waals surface area contributed by atoms with E-state index in [9.17, 15) is 4.79 Å². The van der Waals surface area contributed by atoms with Gasteiger partial charge in [-0.05, 0) is 35.8 Å². The zero-order valence-electron chi connectivity index (χ0n) is 13.7. The lowest BCUT2D eigenvalue weighted by Gasteiger charge is -2.28. The van der Waals surface area contributed by atoms with E-state index in [0.29, 0.717) is 6.61 Å². The number of furan rings is 1. The number of esters is 1. The molecule has 0 bridgehead atoms. The highest BCUT2D eigenvalue weighted by molar-refractivity contribution is 5.76. The van der Waals surface area contributed by atoms with Crippen LogP contribution < -0.4 is 5.32 Å². The molecule has 1 aromatic heterocycles. The van der Waals surface area contributed by atoms with Crippen LogP contribution in [0.25, 0.3) is 0 Å². The third-order valence-corrected chi connectivity index (χ3v) is 5.55. The lowest BCUT2D eigenvalue weighted by molar-refractivity contribution is -0.141. The van der Waals surface area contributed by atoms with Crippen molar-refractivity contribution in [3.8, 4) is 0 Å². The smallest absolute Gasteiger partial charge is 0.309 e. The van der Waals surface area contributed by atoms with E-state index >= 15 is 0 Å². The molecule has 0 amide bonds. The number of nitrogens with one attached hydrogen (secondary N) is 1. The Morgan fingerprint density at radius 3 is 3.16 bits per heavy atom. The third-order valence-electron chi connectivity index (χ3n) is 5.55. The van der Waals surface area contributed by atoms with Gasteiger partial charge < -0.3 is 14.5 Å². The molecule has 0 radical (unpaired) electrons. The minimum Gasteiger partial charge on any atom is -0.468 e. The van der Waals surface area contributed by atoms with Crippen LogP contribution in [0.3, 0.4) is 0 Å². The van der Waals surface area contributed by atoms with Crippen LogP contribution in [-0.4, -0.2) is 18.6 Å². The molecule has 3 heterocycles. The highest BCUT2D eigenvalue weighted by Crippen LogP contribution is 2.44. The van der Waals surface area contributed by atoms with Crippen LogP contribution in [-0.2, 0) is 16.0 Å². The van der Waals surface area contributed by atoms with Crippen molar-refractivity contribution in [3.05, 3.63) is 83.5 Å². The zero-order valence-corrected chi connectivity index (χ0v) is 13.7. The Balaban J connectivity index is 1.43. The van der Waals surface area contributed by atoms with Gasteiger partial charge in [0.25, 0.3) is 0 Å². The third kappa shape index (κ3) is 2.40. The first-order chi connectivity index (χ1) is 12.3. The summed E-state index contributed by atoms with van der Waals surface area (Å²) < 4.78 is 11.1. The standard InChI is InChI=1S/C21H19NO3/c23-21-17-11-14-9-10-24-20(14)16(18(17)12-25-21)8-7-15-6-5-13-3-1-2-4-19(13)22-15/h1-10,16-19,22H,11-12H2/b8-7+/t16?,17-,18+,19?/m0/s1. The Morgan fingerprint density at radius 1 is 1.24 bits per heavy atom. The van der Waals surface area contributed by atoms with Gasteiger partial charge >= 0.3 is 5.97 Å². The number of cyclic esters (lactones) is 1. The average Bonchev–Trinajstić information content (AvgIpc) is 3.26. The fourth-order valence-electron chi connectivity index (χ4n) is 4.21. The molecule has 5 rings (SSSR count). The van der Waals surface area contributed by atoms with Gasteiger partial charge in [-0.25, -0.2) is 0 Å². The molecule has 0 saturated carbocycles. The summed E-state index contributed by atoms with van der Waals surface area (Å²) in [6.07, 6.45) is 19.3. The molecule has 2 aliphatic carbocycles. The predicted octanol–water partition coefficient (Wildman–Crippen LogP) is 3.17. The molecule has 1 saturated heterocycles. The van der Waals surface area contributed by atoms with Crippen molar-refractivity contribution in [1.29, 1.82) is 0 Å². The van der Waals surface area contributed by atoms with Crippen molar-refractivity contribution in [2.75, 3.05) is 6.61 Å². The summed E-state index contributed by atoms with van der Waals surface area (Å²) in [7, 11) is 0. The molecule has 0 spiro atoms. The quantitative estimate of drug-likeness (QED) is 0.845. The number of carbonyl (C=O) groups is 1. The number of carbonyl (C=O) groups excluding carboxylic acids is 1. The summed E-state index contributed by atoms with van der Waals surface area (Å²) in [5, 5.41) is 3.52. The minimum atomic E-state index is -0.0723. The largest absolute Gasteiger partial charge is 0.468 e. The summed E-state index contributed by atoms with van der Waals surface area (Å²) in [6, 6.07) is 2.20. The highest BCUT2D eigenvalue weighted by Gasteiger charge is 2.46. The zero-order chi connectivity index (χ0) is 16.8. The van der Waals surface area contributed by atoms with Crippen LogP contribution in [0, 0.1) is 11.8 Å². The van der Waals surface area contributed by atoms with Gasteiger partial charge in [0.2, 0.25) is 0 Å². The van der Waals surface area contributed by atoms with Crippen molar-refractivity contribution in [3.63, 3.8) is 0 Å². The van der Waals surface area contributed by atoms with Crippen molar-refractivity contribution in [2.24, 2.45) is 11.8 Å². The number of rotatable bonds is 2. The lowest BCUT2D eigenvalue weighted by atomic mass is 9.73. The molecule has 2 aliphatic heterocycles. The fourth-order valence-corrected chi connectivity index (χ4v) is 4.21. The lowest BCUT2D eigenvalue weighted by Crippen LogP contribution is -2.31. The number of fused-ring (bicyclic) bond motifs is 3. The molecule has 4 nitrogen and oxygen atoms in total. The van der Waals surface area contributed by atoms with Crippen LogP contribution in [0.4, 0.5) is 0 Å². The van der Waals surface area contributed by atoms with Crippen LogP contribution in [0.5, 0.6) is 0 Å². The maximum atomic E-state index is 12.0. The second-order valence-electron chi connectivity index (χ2n) is 6.95. The number of hydrogen-bond donors (Lipinski definition) is 1. The Morgan fingerprint density at radius 2 is 2.20 bits per heavy atom. The number of dihydropyridines is 1. The van der Waals surface area contributed by atoms with Crippen molar-refractivity contribution in [2.45, 2.75) is 18.4 Å². The van der Waals surface area contributed by atoms with E-state index in [0.717, 1.165) is 23.4 Å². The molecule has 0 aromatic carbocycles. The first kappa shape index (κ1) is 14.6. The summed E-state index contributed by atoms with van der Waals surface area (Å²) in [5.41, 5.74) is 3.46. The minimum absolute atomic E-state index is 0.0500. The van der Waals surface area contributed by atoms with E-state index in [2.05, 4.69) is 53.9 Å². The van der Waals surface area contributed by atoms with Crippen LogP contribution in [0.15, 0.2) is 76.6 Å². The van der Waals surface area contributed by atoms with E-state index in [1.165, 1.54) is 5.57 Å². The first-order valence-electron chi connectivity index (χ1n) is 8.74. The molecule has 1 aromatic rings. The van der Waals surface area contributed by atoms with Crippen LogP contribution in [0.2, 0.25) is 0 Å². The average molecular weight is 333 g/mol. The molecule has 4 heteroatoms. The Hall–Kier alpha value is -2.75. The van der Waals surface area contributed by atoms with Crippen molar-refractivity contribution in [1.82, 2.24) is 5.32 Å². The predicted molar refractivity (Wildman–Crippen MR) is 93.6 cm³/mol. The molecule has 1 fully saturated rings. The molecule has 4 atom stereocenters. The molecule has 4 aliphatic rings. The number of allylic oxidation sites excluding steroid dienone is 6. The monoisotopic (exact) mass is 333 g/mol. The molecule has 2 unspecified atom stereocenters. The Labute approximate surface area is 146 Å². The summed E-state index contributed by atoms with van der Waals surface area (Å²) >= 11 is 0. The first-order valence-corrected chi connectivity index (χ1v) is 8.74. The van der Waals surface area contributed by atoms with Gasteiger partial charge in [-0.3, -0.25) is 4.79 Å². The van der Waals surface area contributed by atoms with Crippen LogP contribution >= 0.6 is 0 Å². The Kier molecular flexibility index (Phi) is 3.30. The molecule has 25 heavy (non-hydrogen) atoms. The maximum Gasteiger partial charge on any atom is 0.309 e. The van der Waals surface area contributed by atoms with Gasteiger partial charge in [-0.1, -0.05) is 36.5 Å². The number of ether oxygens (including phenoxy) is 1. The summed E-state index contributed by atoms with van der Waals surface area (Å²) in [6.45, 7) is 0.478.